The van der Waals surface area contributed by atoms with Gasteiger partial charge < -0.3 is 9.80 Å². The molecule has 26 heavy (non-hydrogen) atoms. The molecular weight excluding hydrogens is 354 g/mol. The summed E-state index contributed by atoms with van der Waals surface area (Å²) in [5, 5.41) is 0. The molecule has 0 spiro atoms. The molecule has 0 saturated carbocycles. The summed E-state index contributed by atoms with van der Waals surface area (Å²) >= 11 is 0. The van der Waals surface area contributed by atoms with Gasteiger partial charge in [0.05, 0.1) is 22.6 Å². The third kappa shape index (κ3) is 4.23. The zero-order chi connectivity index (χ0) is 18.7. The van der Waals surface area contributed by atoms with Crippen molar-refractivity contribution in [3.05, 3.63) is 29.6 Å². The molecule has 1 unspecified atom stereocenters. The molecule has 1 atom stereocenters. The highest BCUT2D eigenvalue weighted by Crippen LogP contribution is 2.19. The second kappa shape index (κ2) is 7.73. The first-order chi connectivity index (χ1) is 12.4. The molecule has 0 radical (unpaired) electrons. The number of carbonyl (C=O) groups is 2. The SMILES string of the molecule is CN(C(=O)c1cncc(C(=O)N2CCCCCC2)c1)C1CCS(=O)(=O)C1. The van der Waals surface area contributed by atoms with Gasteiger partial charge in [-0.1, -0.05) is 12.8 Å². The van der Waals surface area contributed by atoms with E-state index in [1.165, 1.54) is 17.3 Å². The number of hydrogen-bond acceptors (Lipinski definition) is 5. The lowest BCUT2D eigenvalue weighted by Gasteiger charge is -2.24. The highest BCUT2D eigenvalue weighted by molar-refractivity contribution is 7.91. The van der Waals surface area contributed by atoms with Crippen LogP contribution in [0, 0.1) is 0 Å². The van der Waals surface area contributed by atoms with Crippen molar-refractivity contribution >= 4 is 21.7 Å². The van der Waals surface area contributed by atoms with E-state index in [2.05, 4.69) is 4.98 Å². The van der Waals surface area contributed by atoms with Crippen molar-refractivity contribution < 1.29 is 18.0 Å². The van der Waals surface area contributed by atoms with Gasteiger partial charge in [-0.05, 0) is 25.3 Å². The van der Waals surface area contributed by atoms with Crippen LogP contribution in [0.5, 0.6) is 0 Å². The maximum absolute atomic E-state index is 12.7. The Morgan fingerprint density at radius 1 is 1.12 bits per heavy atom. The van der Waals surface area contributed by atoms with Gasteiger partial charge in [-0.15, -0.1) is 0 Å². The number of amides is 2. The first-order valence-electron chi connectivity index (χ1n) is 9.09. The monoisotopic (exact) mass is 379 g/mol. The van der Waals surface area contributed by atoms with Gasteiger partial charge in [-0.2, -0.15) is 0 Å². The fraction of sp³-hybridized carbons (Fsp3) is 0.611. The van der Waals surface area contributed by atoms with Crippen molar-refractivity contribution in [1.82, 2.24) is 14.8 Å². The Kier molecular flexibility index (Phi) is 5.60. The van der Waals surface area contributed by atoms with Gasteiger partial charge in [0.2, 0.25) is 0 Å². The molecule has 1 aromatic heterocycles. The molecule has 2 aliphatic heterocycles. The molecule has 2 saturated heterocycles. The van der Waals surface area contributed by atoms with Crippen molar-refractivity contribution in [3.8, 4) is 0 Å². The molecule has 2 fully saturated rings. The van der Waals surface area contributed by atoms with E-state index in [1.807, 2.05) is 4.90 Å². The molecule has 8 heteroatoms. The molecule has 2 aliphatic rings. The van der Waals surface area contributed by atoms with Crippen molar-refractivity contribution in [3.63, 3.8) is 0 Å². The predicted molar refractivity (Wildman–Crippen MR) is 97.8 cm³/mol. The van der Waals surface area contributed by atoms with Crippen LogP contribution in [0.4, 0.5) is 0 Å². The maximum Gasteiger partial charge on any atom is 0.255 e. The summed E-state index contributed by atoms with van der Waals surface area (Å²) < 4.78 is 23.3. The highest BCUT2D eigenvalue weighted by atomic mass is 32.2. The van der Waals surface area contributed by atoms with Crippen molar-refractivity contribution in [2.24, 2.45) is 0 Å². The lowest BCUT2D eigenvalue weighted by Crippen LogP contribution is -2.38. The molecular formula is C18H25N3O4S. The van der Waals surface area contributed by atoms with Gasteiger partial charge in [0.15, 0.2) is 9.84 Å². The molecule has 3 rings (SSSR count). The number of rotatable bonds is 3. The highest BCUT2D eigenvalue weighted by Gasteiger charge is 2.33. The lowest BCUT2D eigenvalue weighted by molar-refractivity contribution is 0.0747. The summed E-state index contributed by atoms with van der Waals surface area (Å²) in [7, 11) is -1.46. The molecule has 1 aromatic rings. The normalized spacial score (nSPS) is 22.7. The number of carbonyl (C=O) groups excluding carboxylic acids is 2. The first-order valence-corrected chi connectivity index (χ1v) is 10.9. The predicted octanol–water partition coefficient (Wildman–Crippen LogP) is 1.36. The van der Waals surface area contributed by atoms with Crippen molar-refractivity contribution in [1.29, 1.82) is 0 Å². The number of nitrogens with zero attached hydrogens (tertiary/aromatic N) is 3. The fourth-order valence-electron chi connectivity index (χ4n) is 3.58. The average molecular weight is 379 g/mol. The van der Waals surface area contributed by atoms with E-state index in [0.717, 1.165) is 38.8 Å². The number of aromatic nitrogens is 1. The zero-order valence-electron chi connectivity index (χ0n) is 15.1. The molecule has 0 N–H and O–H groups in total. The van der Waals surface area contributed by atoms with Gasteiger partial charge in [0.25, 0.3) is 11.8 Å². The van der Waals surface area contributed by atoms with Crippen LogP contribution in [0.1, 0.15) is 52.8 Å². The Bertz CT molecular complexity index is 785. The van der Waals surface area contributed by atoms with Crippen LogP contribution in [0.25, 0.3) is 0 Å². The van der Waals surface area contributed by atoms with Crippen LogP contribution < -0.4 is 0 Å². The summed E-state index contributed by atoms with van der Waals surface area (Å²) in [6.45, 7) is 1.47. The standard InChI is InChI=1S/C18H25N3O4S/c1-20(16-6-9-26(24,25)13-16)17(22)14-10-15(12-19-11-14)18(23)21-7-4-2-3-5-8-21/h10-12,16H,2-9,13H2,1H3. The number of sulfone groups is 1. The van der Waals surface area contributed by atoms with E-state index < -0.39 is 9.84 Å². The minimum Gasteiger partial charge on any atom is -0.339 e. The second-order valence-electron chi connectivity index (χ2n) is 7.14. The van der Waals surface area contributed by atoms with Crippen LogP contribution >= 0.6 is 0 Å². The minimum atomic E-state index is -3.07. The molecule has 7 nitrogen and oxygen atoms in total. The minimum absolute atomic E-state index is 0.00489. The third-order valence-corrected chi connectivity index (χ3v) is 6.95. The number of pyridine rings is 1. The summed E-state index contributed by atoms with van der Waals surface area (Å²) in [6.07, 6.45) is 7.63. The van der Waals surface area contributed by atoms with E-state index in [0.29, 0.717) is 17.5 Å². The average Bonchev–Trinajstić information content (AvgIpc) is 2.84. The van der Waals surface area contributed by atoms with Gasteiger partial charge in [0.1, 0.15) is 0 Å². The Morgan fingerprint density at radius 3 is 2.38 bits per heavy atom. The molecule has 142 valence electrons. The quantitative estimate of drug-likeness (QED) is 0.791. The first kappa shape index (κ1) is 18.8. The summed E-state index contributed by atoms with van der Waals surface area (Å²) in [4.78, 5) is 32.8. The van der Waals surface area contributed by atoms with Crippen LogP contribution in [0.3, 0.4) is 0 Å². The van der Waals surface area contributed by atoms with Crippen LogP contribution in [-0.4, -0.2) is 72.7 Å². The number of likely N-dealkylation sites (tertiary alicyclic amines) is 1. The largest absolute Gasteiger partial charge is 0.339 e. The van der Waals surface area contributed by atoms with E-state index in [-0.39, 0.29) is 29.4 Å². The number of hydrogen-bond donors (Lipinski definition) is 0. The van der Waals surface area contributed by atoms with Gasteiger partial charge in [-0.25, -0.2) is 8.42 Å². The van der Waals surface area contributed by atoms with Gasteiger partial charge >= 0.3 is 0 Å². The van der Waals surface area contributed by atoms with E-state index in [1.54, 1.807) is 13.1 Å². The zero-order valence-corrected chi connectivity index (χ0v) is 15.9. The van der Waals surface area contributed by atoms with Crippen LogP contribution in [0.15, 0.2) is 18.5 Å². The van der Waals surface area contributed by atoms with E-state index >= 15 is 0 Å². The van der Waals surface area contributed by atoms with Gasteiger partial charge in [0, 0.05) is 38.6 Å². The summed E-state index contributed by atoms with van der Waals surface area (Å²) in [5.41, 5.74) is 0.725. The Balaban J connectivity index is 1.74. The topological polar surface area (TPSA) is 87.7 Å². The summed E-state index contributed by atoms with van der Waals surface area (Å²) in [6, 6.07) is 1.25. The summed E-state index contributed by atoms with van der Waals surface area (Å²) in [5.74, 6) is -0.291. The Morgan fingerprint density at radius 2 is 1.77 bits per heavy atom. The molecule has 2 amide bonds. The maximum atomic E-state index is 12.7. The van der Waals surface area contributed by atoms with Crippen molar-refractivity contribution in [2.75, 3.05) is 31.6 Å². The molecule has 0 aromatic carbocycles. The van der Waals surface area contributed by atoms with Crippen LogP contribution in [0.2, 0.25) is 0 Å². The van der Waals surface area contributed by atoms with Gasteiger partial charge in [-0.3, -0.25) is 14.6 Å². The molecule has 3 heterocycles. The molecule has 0 bridgehead atoms. The van der Waals surface area contributed by atoms with E-state index in [9.17, 15) is 18.0 Å². The second-order valence-corrected chi connectivity index (χ2v) is 9.37. The fourth-order valence-corrected chi connectivity index (χ4v) is 5.35. The van der Waals surface area contributed by atoms with E-state index in [4.69, 9.17) is 0 Å². The third-order valence-electron chi connectivity index (χ3n) is 5.20. The Labute approximate surface area is 154 Å². The smallest absolute Gasteiger partial charge is 0.255 e. The van der Waals surface area contributed by atoms with Crippen LogP contribution in [-0.2, 0) is 9.84 Å². The molecule has 0 aliphatic carbocycles. The van der Waals surface area contributed by atoms with Crippen molar-refractivity contribution in [2.45, 2.75) is 38.1 Å². The Hall–Kier alpha value is -1.96. The lowest BCUT2D eigenvalue weighted by atomic mass is 10.1.